The van der Waals surface area contributed by atoms with Crippen LogP contribution in [0.4, 0.5) is 0 Å². The fourth-order valence-electron chi connectivity index (χ4n) is 0.919. The average Bonchev–Trinajstić information content (AvgIpc) is 2.14. The highest BCUT2D eigenvalue weighted by atomic mass is 35.5. The maximum Gasteiger partial charge on any atom is 0.0778 e. The van der Waals surface area contributed by atoms with Gasteiger partial charge in [-0.2, -0.15) is 5.26 Å². The normalized spacial score (nSPS) is 10.4. The minimum Gasteiger partial charge on any atom is -0.198 e. The Kier molecular flexibility index (Phi) is 4.28. The number of rotatable bonds is 2. The fourth-order valence-corrected chi connectivity index (χ4v) is 1.53. The second kappa shape index (κ2) is 5.26. The summed E-state index contributed by atoms with van der Waals surface area (Å²) in [6.45, 7) is 0. The van der Waals surface area contributed by atoms with Crippen LogP contribution in [0.15, 0.2) is 18.2 Å². The van der Waals surface area contributed by atoms with Crippen molar-refractivity contribution in [2.24, 2.45) is 0 Å². The van der Waals surface area contributed by atoms with Gasteiger partial charge in [-0.1, -0.05) is 47.0 Å². The van der Waals surface area contributed by atoms with Crippen LogP contribution in [0.2, 0.25) is 15.1 Å². The molecule has 14 heavy (non-hydrogen) atoms. The highest BCUT2D eigenvalue weighted by Gasteiger charge is 2.03. The lowest BCUT2D eigenvalue weighted by Crippen LogP contribution is -1.76. The number of halogens is 3. The van der Waals surface area contributed by atoms with Gasteiger partial charge in [-0.05, 0) is 17.7 Å². The van der Waals surface area contributed by atoms with Gasteiger partial charge in [-0.25, -0.2) is 0 Å². The van der Waals surface area contributed by atoms with E-state index in [9.17, 15) is 0 Å². The summed E-state index contributed by atoms with van der Waals surface area (Å²) < 4.78 is 0. The van der Waals surface area contributed by atoms with Crippen molar-refractivity contribution >= 4 is 40.9 Å². The Morgan fingerprint density at radius 3 is 2.29 bits per heavy atom. The van der Waals surface area contributed by atoms with E-state index in [1.807, 2.05) is 6.07 Å². The summed E-state index contributed by atoms with van der Waals surface area (Å²) in [4.78, 5) is 0. The summed E-state index contributed by atoms with van der Waals surface area (Å²) >= 11 is 17.4. The molecule has 0 spiro atoms. The molecule has 0 saturated heterocycles. The second-order valence-electron chi connectivity index (χ2n) is 2.56. The van der Waals surface area contributed by atoms with E-state index in [0.717, 1.165) is 5.56 Å². The molecule has 72 valence electrons. The monoisotopic (exact) mass is 245 g/mol. The SMILES string of the molecule is N#CC/C=C/c1cc(Cl)c(Cl)c(Cl)c1. The van der Waals surface area contributed by atoms with Gasteiger partial charge in [0.1, 0.15) is 0 Å². The maximum absolute atomic E-state index is 8.32. The summed E-state index contributed by atoms with van der Waals surface area (Å²) in [6, 6.07) is 5.40. The lowest BCUT2D eigenvalue weighted by Gasteiger charge is -2.00. The van der Waals surface area contributed by atoms with Gasteiger partial charge in [0.25, 0.3) is 0 Å². The molecule has 0 saturated carbocycles. The summed E-state index contributed by atoms with van der Waals surface area (Å²) in [5, 5.41) is 9.50. The van der Waals surface area contributed by atoms with Gasteiger partial charge in [0, 0.05) is 0 Å². The van der Waals surface area contributed by atoms with E-state index in [-0.39, 0.29) is 0 Å². The van der Waals surface area contributed by atoms with Crippen LogP contribution in [0.25, 0.3) is 6.08 Å². The molecule has 0 atom stereocenters. The molecule has 4 heteroatoms. The highest BCUT2D eigenvalue weighted by Crippen LogP contribution is 2.31. The van der Waals surface area contributed by atoms with Crippen molar-refractivity contribution in [3.05, 3.63) is 38.8 Å². The fraction of sp³-hybridized carbons (Fsp3) is 0.100. The average molecular weight is 247 g/mol. The number of allylic oxidation sites excluding steroid dienone is 1. The van der Waals surface area contributed by atoms with Crippen molar-refractivity contribution < 1.29 is 0 Å². The molecule has 0 bridgehead atoms. The number of benzene rings is 1. The van der Waals surface area contributed by atoms with Crippen molar-refractivity contribution in [2.45, 2.75) is 6.42 Å². The molecule has 0 aromatic heterocycles. The van der Waals surface area contributed by atoms with Crippen LogP contribution >= 0.6 is 34.8 Å². The molecule has 1 aromatic carbocycles. The topological polar surface area (TPSA) is 23.8 Å². The first-order valence-electron chi connectivity index (χ1n) is 3.83. The van der Waals surface area contributed by atoms with Gasteiger partial charge in [-0.3, -0.25) is 0 Å². The van der Waals surface area contributed by atoms with Crippen LogP contribution < -0.4 is 0 Å². The maximum atomic E-state index is 8.32. The zero-order valence-electron chi connectivity index (χ0n) is 7.10. The molecule has 0 amide bonds. The highest BCUT2D eigenvalue weighted by molar-refractivity contribution is 6.48. The summed E-state index contributed by atoms with van der Waals surface area (Å²) in [5.74, 6) is 0. The van der Waals surface area contributed by atoms with Gasteiger partial charge in [-0.15, -0.1) is 0 Å². The number of hydrogen-bond acceptors (Lipinski definition) is 1. The van der Waals surface area contributed by atoms with Gasteiger partial charge in [0.15, 0.2) is 0 Å². The molecule has 0 aliphatic carbocycles. The molecule has 1 rings (SSSR count). The van der Waals surface area contributed by atoms with E-state index in [1.165, 1.54) is 0 Å². The molecule has 0 heterocycles. The summed E-state index contributed by atoms with van der Waals surface area (Å²) in [5.41, 5.74) is 0.833. The molecular weight excluding hydrogens is 240 g/mol. The number of nitriles is 1. The Balaban J connectivity index is 2.96. The Morgan fingerprint density at radius 1 is 1.21 bits per heavy atom. The van der Waals surface area contributed by atoms with Crippen molar-refractivity contribution in [1.82, 2.24) is 0 Å². The van der Waals surface area contributed by atoms with Crippen LogP contribution in [-0.4, -0.2) is 0 Å². The quantitative estimate of drug-likeness (QED) is 0.701. The van der Waals surface area contributed by atoms with E-state index in [1.54, 1.807) is 24.3 Å². The van der Waals surface area contributed by atoms with Gasteiger partial charge < -0.3 is 0 Å². The smallest absolute Gasteiger partial charge is 0.0778 e. The van der Waals surface area contributed by atoms with Crippen LogP contribution in [0, 0.1) is 11.3 Å². The zero-order valence-corrected chi connectivity index (χ0v) is 9.37. The predicted octanol–water partition coefficient (Wildman–Crippen LogP) is 4.57. The molecule has 0 N–H and O–H groups in total. The van der Waals surface area contributed by atoms with Crippen molar-refractivity contribution in [2.75, 3.05) is 0 Å². The van der Waals surface area contributed by atoms with Crippen LogP contribution in [0.1, 0.15) is 12.0 Å². The minimum absolute atomic E-state index is 0.353. The third kappa shape index (κ3) is 2.92. The molecule has 1 nitrogen and oxygen atoms in total. The van der Waals surface area contributed by atoms with Gasteiger partial charge >= 0.3 is 0 Å². The first-order chi connectivity index (χ1) is 6.65. The Hall–Kier alpha value is -0.680. The van der Waals surface area contributed by atoms with Crippen LogP contribution in [0.3, 0.4) is 0 Å². The Morgan fingerprint density at radius 2 is 1.79 bits per heavy atom. The Labute approximate surface area is 97.5 Å². The lowest BCUT2D eigenvalue weighted by atomic mass is 10.2. The first-order valence-corrected chi connectivity index (χ1v) is 4.96. The Bertz CT molecular complexity index is 381. The van der Waals surface area contributed by atoms with E-state index in [2.05, 4.69) is 0 Å². The molecule has 0 unspecified atom stereocenters. The first kappa shape index (κ1) is 11.4. The predicted molar refractivity (Wildman–Crippen MR) is 60.7 cm³/mol. The summed E-state index contributed by atoms with van der Waals surface area (Å²) in [6.07, 6.45) is 3.87. The minimum atomic E-state index is 0.353. The van der Waals surface area contributed by atoms with Gasteiger partial charge in [0.05, 0.1) is 27.6 Å². The lowest BCUT2D eigenvalue weighted by molar-refractivity contribution is 1.36. The van der Waals surface area contributed by atoms with Crippen molar-refractivity contribution in [3.63, 3.8) is 0 Å². The third-order valence-corrected chi connectivity index (χ3v) is 2.72. The molecule has 0 radical (unpaired) electrons. The van der Waals surface area contributed by atoms with E-state index < -0.39 is 0 Å². The molecule has 0 aliphatic heterocycles. The van der Waals surface area contributed by atoms with Crippen LogP contribution in [-0.2, 0) is 0 Å². The third-order valence-electron chi connectivity index (χ3n) is 1.53. The number of hydrogen-bond donors (Lipinski definition) is 0. The molecule has 1 aromatic rings. The van der Waals surface area contributed by atoms with Crippen molar-refractivity contribution in [3.8, 4) is 6.07 Å². The molecule has 0 fully saturated rings. The van der Waals surface area contributed by atoms with Crippen molar-refractivity contribution in [1.29, 1.82) is 5.26 Å². The van der Waals surface area contributed by atoms with E-state index in [0.29, 0.717) is 21.5 Å². The molecule has 0 aliphatic rings. The summed E-state index contributed by atoms with van der Waals surface area (Å²) in [7, 11) is 0. The standard InChI is InChI=1S/C10H6Cl3N/c11-8-5-7(3-1-2-4-14)6-9(12)10(8)13/h1,3,5-6H,2H2/b3-1+. The van der Waals surface area contributed by atoms with Gasteiger partial charge in [0.2, 0.25) is 0 Å². The largest absolute Gasteiger partial charge is 0.198 e. The van der Waals surface area contributed by atoms with Crippen LogP contribution in [0.5, 0.6) is 0 Å². The number of nitrogens with zero attached hydrogens (tertiary/aromatic N) is 1. The molecular formula is C10H6Cl3N. The zero-order chi connectivity index (χ0) is 10.6. The second-order valence-corrected chi connectivity index (χ2v) is 3.76. The van der Waals surface area contributed by atoms with E-state index >= 15 is 0 Å². The van der Waals surface area contributed by atoms with E-state index in [4.69, 9.17) is 40.1 Å².